The average Bonchev–Trinajstić information content (AvgIpc) is 3.09. The normalized spacial score (nSPS) is 29.4. The number of carbonyl (C=O) groups is 1. The van der Waals surface area contributed by atoms with Crippen LogP contribution in [-0.4, -0.2) is 62.0 Å². The second-order valence-corrected chi connectivity index (χ2v) is 11.8. The summed E-state index contributed by atoms with van der Waals surface area (Å²) in [6, 6.07) is 7.86. The van der Waals surface area contributed by atoms with Crippen LogP contribution >= 0.6 is 7.75 Å². The van der Waals surface area contributed by atoms with E-state index in [0.29, 0.717) is 0 Å². The van der Waals surface area contributed by atoms with Crippen molar-refractivity contribution in [3.8, 4) is 5.75 Å². The highest BCUT2D eigenvalue weighted by Gasteiger charge is 2.64. The molecule has 13 nitrogen and oxygen atoms in total. The molecule has 0 spiro atoms. The standard InChI is InChI=1S/C25H34FN4O9P/c1-16(20(31)37-17-9-5-3-6-10-17)29-40(35,39-18-11-7-4-8-12-18)36-15-25(26)21(32)24(2,34)22(38-25)30-14-13-19(27)28-23(30)33/h4,7-8,11-14,16-17,21-22,32,34H,3,5-6,9-10,15H2,1-2H3,(H,29,35)(H2,27,28,33)/t16-,21-,22+,24+,25+,40-/m0/s1. The lowest BCUT2D eigenvalue weighted by molar-refractivity contribution is -0.204. The zero-order chi connectivity index (χ0) is 29.1. The van der Waals surface area contributed by atoms with Crippen molar-refractivity contribution in [3.63, 3.8) is 0 Å². The first-order valence-electron chi connectivity index (χ1n) is 12.9. The molecule has 5 N–H and O–H groups in total. The largest absolute Gasteiger partial charge is 0.461 e. The van der Waals surface area contributed by atoms with Crippen molar-refractivity contribution in [2.75, 3.05) is 12.3 Å². The Balaban J connectivity index is 1.52. The Hall–Kier alpha value is -2.87. The molecular formula is C25H34FN4O9P. The molecule has 2 aliphatic rings. The van der Waals surface area contributed by atoms with Crippen LogP contribution in [0.1, 0.15) is 52.2 Å². The number of hydrogen-bond acceptors (Lipinski definition) is 11. The highest BCUT2D eigenvalue weighted by atomic mass is 31.2. The number of benzene rings is 1. The fraction of sp³-hybridized carbons (Fsp3) is 0.560. The molecule has 0 amide bonds. The van der Waals surface area contributed by atoms with Crippen LogP contribution in [0.2, 0.25) is 0 Å². The van der Waals surface area contributed by atoms with Crippen LogP contribution in [0.3, 0.4) is 0 Å². The minimum Gasteiger partial charge on any atom is -0.461 e. The molecule has 15 heteroatoms. The predicted molar refractivity (Wildman–Crippen MR) is 140 cm³/mol. The molecular weight excluding hydrogens is 550 g/mol. The van der Waals surface area contributed by atoms with Crippen molar-refractivity contribution in [1.82, 2.24) is 14.6 Å². The number of aliphatic hydroxyl groups is 2. The van der Waals surface area contributed by atoms with Crippen LogP contribution in [0.15, 0.2) is 47.4 Å². The maximum Gasteiger partial charge on any atom is 0.459 e. The Bertz CT molecular complexity index is 1290. The van der Waals surface area contributed by atoms with Crippen LogP contribution in [0.25, 0.3) is 0 Å². The summed E-state index contributed by atoms with van der Waals surface area (Å²) in [4.78, 5) is 28.5. The van der Waals surface area contributed by atoms with E-state index in [1.165, 1.54) is 25.1 Å². The van der Waals surface area contributed by atoms with Crippen molar-refractivity contribution < 1.29 is 42.5 Å². The number of anilines is 1. The highest BCUT2D eigenvalue weighted by molar-refractivity contribution is 7.52. The number of ether oxygens (including phenoxy) is 2. The number of aromatic nitrogens is 2. The molecule has 2 fully saturated rings. The van der Waals surface area contributed by atoms with Gasteiger partial charge in [0.15, 0.2) is 6.23 Å². The summed E-state index contributed by atoms with van der Waals surface area (Å²) >= 11 is 0. The molecule has 0 radical (unpaired) electrons. The van der Waals surface area contributed by atoms with Crippen LogP contribution in [0.4, 0.5) is 10.2 Å². The Morgan fingerprint density at radius 2 is 1.98 bits per heavy atom. The minimum absolute atomic E-state index is 0.0800. The van der Waals surface area contributed by atoms with E-state index in [2.05, 4.69) is 10.1 Å². The SMILES string of the molecule is C[C@H](N[P@](=O)(OC[C@@]1(F)O[C@@H](n2ccc(N)nc2=O)[C@](C)(O)[C@@H]1O)Oc1ccccc1)C(=O)OC1CCCCC1. The summed E-state index contributed by atoms with van der Waals surface area (Å²) in [6.45, 7) is 1.22. The summed E-state index contributed by atoms with van der Waals surface area (Å²) in [7, 11) is -4.54. The van der Waals surface area contributed by atoms with Crippen molar-refractivity contribution in [1.29, 1.82) is 0 Å². The van der Waals surface area contributed by atoms with Gasteiger partial charge in [0.05, 0.1) is 0 Å². The van der Waals surface area contributed by atoms with Crippen LogP contribution in [0.5, 0.6) is 5.75 Å². The van der Waals surface area contributed by atoms with E-state index in [4.69, 9.17) is 24.3 Å². The van der Waals surface area contributed by atoms with Gasteiger partial charge in [0.2, 0.25) is 0 Å². The predicted octanol–water partition coefficient (Wildman–Crippen LogP) is 2.19. The third-order valence-corrected chi connectivity index (χ3v) is 8.44. The zero-order valence-electron chi connectivity index (χ0n) is 22.1. The lowest BCUT2D eigenvalue weighted by Gasteiger charge is -2.29. The van der Waals surface area contributed by atoms with Gasteiger partial charge in [-0.2, -0.15) is 10.1 Å². The monoisotopic (exact) mass is 584 g/mol. The van der Waals surface area contributed by atoms with Gasteiger partial charge in [-0.3, -0.25) is 13.9 Å². The van der Waals surface area contributed by atoms with Crippen LogP contribution in [-0.2, 0) is 23.4 Å². The van der Waals surface area contributed by atoms with Gasteiger partial charge in [0.1, 0.15) is 42.0 Å². The van der Waals surface area contributed by atoms with Gasteiger partial charge >= 0.3 is 19.4 Å². The second kappa shape index (κ2) is 11.9. The summed E-state index contributed by atoms with van der Waals surface area (Å²) in [6.07, 6.45) is 1.21. The van der Waals surface area contributed by atoms with Crippen molar-refractivity contribution in [2.24, 2.45) is 0 Å². The quantitative estimate of drug-likeness (QED) is 0.236. The van der Waals surface area contributed by atoms with Gasteiger partial charge in [-0.15, -0.1) is 0 Å². The van der Waals surface area contributed by atoms with Gasteiger partial charge in [-0.25, -0.2) is 13.8 Å². The van der Waals surface area contributed by atoms with Gasteiger partial charge in [-0.05, 0) is 57.7 Å². The lowest BCUT2D eigenvalue weighted by atomic mass is 9.95. The molecule has 0 unspecified atom stereocenters. The number of nitrogens with one attached hydrogen (secondary N) is 1. The highest BCUT2D eigenvalue weighted by Crippen LogP contribution is 2.50. The number of alkyl halides is 1. The summed E-state index contributed by atoms with van der Waals surface area (Å²) < 4.78 is 52.2. The Labute approximate surface area is 230 Å². The summed E-state index contributed by atoms with van der Waals surface area (Å²) in [5, 5.41) is 24.0. The number of carbonyl (C=O) groups excluding carboxylic acids is 1. The topological polar surface area (TPSA) is 184 Å². The molecule has 2 aromatic rings. The smallest absolute Gasteiger partial charge is 0.459 e. The first-order chi connectivity index (χ1) is 18.8. The summed E-state index contributed by atoms with van der Waals surface area (Å²) in [5.41, 5.74) is 2.17. The number of halogens is 1. The van der Waals surface area contributed by atoms with Crippen LogP contribution in [0, 0.1) is 0 Å². The van der Waals surface area contributed by atoms with E-state index in [1.807, 2.05) is 0 Å². The molecule has 1 aromatic carbocycles. The molecule has 0 bridgehead atoms. The number of rotatable bonds is 10. The third-order valence-electron chi connectivity index (χ3n) is 6.81. The van der Waals surface area contributed by atoms with E-state index in [0.717, 1.165) is 49.8 Å². The maximum atomic E-state index is 16.0. The van der Waals surface area contributed by atoms with E-state index >= 15 is 4.39 Å². The zero-order valence-corrected chi connectivity index (χ0v) is 23.0. The van der Waals surface area contributed by atoms with Gasteiger partial charge in [0, 0.05) is 6.20 Å². The van der Waals surface area contributed by atoms with E-state index < -0.39 is 55.8 Å². The Kier molecular flexibility index (Phi) is 8.98. The van der Waals surface area contributed by atoms with Gasteiger partial charge in [-0.1, -0.05) is 24.6 Å². The fourth-order valence-electron chi connectivity index (χ4n) is 4.62. The van der Waals surface area contributed by atoms with Crippen molar-refractivity contribution in [3.05, 3.63) is 53.1 Å². The average molecular weight is 585 g/mol. The fourth-order valence-corrected chi connectivity index (χ4v) is 6.12. The molecule has 1 aromatic heterocycles. The first-order valence-corrected chi connectivity index (χ1v) is 14.5. The van der Waals surface area contributed by atoms with Crippen molar-refractivity contribution >= 4 is 19.5 Å². The van der Waals surface area contributed by atoms with Crippen LogP contribution < -0.4 is 21.0 Å². The number of hydrogen-bond donors (Lipinski definition) is 4. The van der Waals surface area contributed by atoms with Gasteiger partial charge in [0.25, 0.3) is 5.85 Å². The second-order valence-electron chi connectivity index (χ2n) is 10.1. The third kappa shape index (κ3) is 6.70. The number of esters is 1. The lowest BCUT2D eigenvalue weighted by Crippen LogP contribution is -2.50. The molecule has 4 rings (SSSR count). The van der Waals surface area contributed by atoms with Gasteiger partial charge < -0.3 is 29.9 Å². The molecule has 40 heavy (non-hydrogen) atoms. The minimum atomic E-state index is -4.54. The van der Waals surface area contributed by atoms with E-state index in [-0.39, 0.29) is 17.7 Å². The molecule has 1 saturated carbocycles. The number of aliphatic hydroxyl groups excluding tert-OH is 1. The number of nitrogen functional groups attached to an aromatic ring is 1. The Morgan fingerprint density at radius 3 is 2.62 bits per heavy atom. The molecule has 6 atom stereocenters. The number of nitrogens with two attached hydrogens (primary N) is 1. The number of nitrogens with zero attached hydrogens (tertiary/aromatic N) is 2. The molecule has 220 valence electrons. The first kappa shape index (κ1) is 30.1. The Morgan fingerprint density at radius 1 is 1.30 bits per heavy atom. The van der Waals surface area contributed by atoms with Crippen molar-refractivity contribution in [2.45, 2.75) is 81.9 Å². The molecule has 2 heterocycles. The summed E-state index contributed by atoms with van der Waals surface area (Å²) in [5.74, 6) is -3.90. The van der Waals surface area contributed by atoms with E-state index in [9.17, 15) is 24.4 Å². The molecule has 1 aliphatic heterocycles. The van der Waals surface area contributed by atoms with E-state index in [1.54, 1.807) is 18.2 Å². The molecule has 1 aliphatic carbocycles. The number of para-hydroxylation sites is 1. The maximum absolute atomic E-state index is 16.0. The molecule has 1 saturated heterocycles.